The molecule has 0 aromatic heterocycles. The molecule has 0 saturated heterocycles. The molecule has 0 atom stereocenters. The third-order valence-electron chi connectivity index (χ3n) is 2.58. The van der Waals surface area contributed by atoms with Crippen molar-refractivity contribution in [2.24, 2.45) is 0 Å². The minimum absolute atomic E-state index is 0.0719. The van der Waals surface area contributed by atoms with Gasteiger partial charge in [0.2, 0.25) is 0 Å². The van der Waals surface area contributed by atoms with E-state index in [1.807, 2.05) is 6.92 Å². The Bertz CT molecular complexity index is 212. The van der Waals surface area contributed by atoms with Crippen molar-refractivity contribution in [3.05, 3.63) is 12.2 Å². The third-order valence-corrected chi connectivity index (χ3v) is 2.58. The zero-order chi connectivity index (χ0) is 13.5. The van der Waals surface area contributed by atoms with E-state index in [2.05, 4.69) is 19.1 Å². The van der Waals surface area contributed by atoms with Gasteiger partial charge in [0, 0.05) is 13.0 Å². The molecule has 0 aliphatic rings. The highest BCUT2D eigenvalue weighted by atomic mass is 16.5. The Morgan fingerprint density at radius 1 is 1.06 bits per heavy atom. The molecule has 0 unspecified atom stereocenters. The van der Waals surface area contributed by atoms with Crippen LogP contribution in [0.2, 0.25) is 0 Å². The first-order valence-corrected chi connectivity index (χ1v) is 7.19. The van der Waals surface area contributed by atoms with Crippen molar-refractivity contribution < 1.29 is 14.3 Å². The maximum absolute atomic E-state index is 11.1. The molecule has 0 aliphatic carbocycles. The van der Waals surface area contributed by atoms with Crippen LogP contribution in [0.3, 0.4) is 0 Å². The first kappa shape index (κ1) is 17.2. The smallest absolute Gasteiger partial charge is 0.305 e. The van der Waals surface area contributed by atoms with Crippen molar-refractivity contribution in [2.45, 2.75) is 58.8 Å². The summed E-state index contributed by atoms with van der Waals surface area (Å²) >= 11 is 0. The molecule has 0 aromatic rings. The molecule has 0 aromatic carbocycles. The standard InChI is InChI=1S/C15H28O3/c1-3-5-13-17-14-11-9-7-6-8-10-12-15(16)18-4-2/h9,11H,3-8,10,12-14H2,1-2H3/b11-9+. The Hall–Kier alpha value is -0.830. The van der Waals surface area contributed by atoms with Gasteiger partial charge in [0.05, 0.1) is 13.2 Å². The lowest BCUT2D eigenvalue weighted by Crippen LogP contribution is -2.02. The van der Waals surface area contributed by atoms with Crippen LogP contribution in [0, 0.1) is 0 Å². The Morgan fingerprint density at radius 3 is 2.61 bits per heavy atom. The molecule has 18 heavy (non-hydrogen) atoms. The summed E-state index contributed by atoms with van der Waals surface area (Å²) in [6, 6.07) is 0. The first-order chi connectivity index (χ1) is 8.81. The van der Waals surface area contributed by atoms with E-state index < -0.39 is 0 Å². The highest BCUT2D eigenvalue weighted by molar-refractivity contribution is 5.69. The van der Waals surface area contributed by atoms with Gasteiger partial charge in [-0.2, -0.15) is 0 Å². The molecule has 106 valence electrons. The maximum Gasteiger partial charge on any atom is 0.305 e. The Morgan fingerprint density at radius 2 is 1.89 bits per heavy atom. The molecular formula is C15H28O3. The van der Waals surface area contributed by atoms with E-state index in [-0.39, 0.29) is 5.97 Å². The Labute approximate surface area is 112 Å². The summed E-state index contributed by atoms with van der Waals surface area (Å²) in [6.07, 6.45) is 11.3. The van der Waals surface area contributed by atoms with Crippen LogP contribution >= 0.6 is 0 Å². The molecule has 0 rings (SSSR count). The minimum atomic E-state index is -0.0719. The van der Waals surface area contributed by atoms with Gasteiger partial charge in [0.25, 0.3) is 0 Å². The third kappa shape index (κ3) is 13.2. The fourth-order valence-corrected chi connectivity index (χ4v) is 1.53. The van der Waals surface area contributed by atoms with E-state index in [9.17, 15) is 4.79 Å². The normalized spacial score (nSPS) is 11.0. The second-order valence-electron chi connectivity index (χ2n) is 4.30. The molecule has 0 fully saturated rings. The monoisotopic (exact) mass is 256 g/mol. The van der Waals surface area contributed by atoms with E-state index in [1.165, 1.54) is 6.42 Å². The number of carbonyl (C=O) groups is 1. The summed E-state index contributed by atoms with van der Waals surface area (Å²) in [5.41, 5.74) is 0. The largest absolute Gasteiger partial charge is 0.466 e. The lowest BCUT2D eigenvalue weighted by Gasteiger charge is -2.01. The van der Waals surface area contributed by atoms with Gasteiger partial charge in [-0.05, 0) is 32.6 Å². The van der Waals surface area contributed by atoms with E-state index in [0.29, 0.717) is 13.0 Å². The van der Waals surface area contributed by atoms with Crippen LogP contribution in [0.5, 0.6) is 0 Å². The fraction of sp³-hybridized carbons (Fsp3) is 0.800. The quantitative estimate of drug-likeness (QED) is 0.302. The second kappa shape index (κ2) is 14.2. The number of hydrogen-bond acceptors (Lipinski definition) is 3. The molecule has 0 radical (unpaired) electrons. The highest BCUT2D eigenvalue weighted by Crippen LogP contribution is 2.04. The molecule has 0 aliphatic heterocycles. The molecule has 0 bridgehead atoms. The number of rotatable bonds is 12. The number of esters is 1. The lowest BCUT2D eigenvalue weighted by atomic mass is 10.1. The number of ether oxygens (including phenoxy) is 2. The van der Waals surface area contributed by atoms with E-state index >= 15 is 0 Å². The Balaban J connectivity index is 3.15. The Kier molecular flexibility index (Phi) is 13.6. The molecular weight excluding hydrogens is 228 g/mol. The van der Waals surface area contributed by atoms with Crippen LogP contribution in [0.25, 0.3) is 0 Å². The second-order valence-corrected chi connectivity index (χ2v) is 4.30. The van der Waals surface area contributed by atoms with Crippen LogP contribution in [-0.4, -0.2) is 25.8 Å². The van der Waals surface area contributed by atoms with Crippen molar-refractivity contribution in [3.8, 4) is 0 Å². The van der Waals surface area contributed by atoms with Crippen LogP contribution in [0.4, 0.5) is 0 Å². The molecule has 0 N–H and O–H groups in total. The van der Waals surface area contributed by atoms with Gasteiger partial charge in [-0.1, -0.05) is 31.9 Å². The average molecular weight is 256 g/mol. The van der Waals surface area contributed by atoms with E-state index in [0.717, 1.165) is 45.3 Å². The van der Waals surface area contributed by atoms with Crippen molar-refractivity contribution in [3.63, 3.8) is 0 Å². The predicted molar refractivity (Wildman–Crippen MR) is 74.6 cm³/mol. The molecule has 0 spiro atoms. The summed E-state index contributed by atoms with van der Waals surface area (Å²) in [5.74, 6) is -0.0719. The molecule has 3 nitrogen and oxygen atoms in total. The summed E-state index contributed by atoms with van der Waals surface area (Å²) in [5, 5.41) is 0. The van der Waals surface area contributed by atoms with Crippen molar-refractivity contribution in [1.29, 1.82) is 0 Å². The zero-order valence-electron chi connectivity index (χ0n) is 12.0. The molecule has 0 amide bonds. The molecule has 3 heteroatoms. The maximum atomic E-state index is 11.1. The van der Waals surface area contributed by atoms with Gasteiger partial charge >= 0.3 is 5.97 Å². The van der Waals surface area contributed by atoms with Gasteiger partial charge in [-0.3, -0.25) is 4.79 Å². The van der Waals surface area contributed by atoms with Crippen molar-refractivity contribution in [1.82, 2.24) is 0 Å². The summed E-state index contributed by atoms with van der Waals surface area (Å²) in [7, 11) is 0. The van der Waals surface area contributed by atoms with Crippen LogP contribution in [0.1, 0.15) is 58.8 Å². The number of allylic oxidation sites excluding steroid dienone is 1. The molecule has 0 heterocycles. The topological polar surface area (TPSA) is 35.5 Å². The number of unbranched alkanes of at least 4 members (excludes halogenated alkanes) is 4. The van der Waals surface area contributed by atoms with Gasteiger partial charge in [0.1, 0.15) is 0 Å². The predicted octanol–water partition coefficient (Wildman–Crippen LogP) is 3.87. The van der Waals surface area contributed by atoms with Crippen LogP contribution in [-0.2, 0) is 14.3 Å². The number of hydrogen-bond donors (Lipinski definition) is 0. The summed E-state index contributed by atoms with van der Waals surface area (Å²) < 4.78 is 10.3. The lowest BCUT2D eigenvalue weighted by molar-refractivity contribution is -0.143. The minimum Gasteiger partial charge on any atom is -0.466 e. The zero-order valence-corrected chi connectivity index (χ0v) is 12.0. The summed E-state index contributed by atoms with van der Waals surface area (Å²) in [6.45, 7) is 6.07. The van der Waals surface area contributed by atoms with Crippen LogP contribution < -0.4 is 0 Å². The van der Waals surface area contributed by atoms with Crippen LogP contribution in [0.15, 0.2) is 12.2 Å². The number of carbonyl (C=O) groups excluding carboxylic acids is 1. The fourth-order valence-electron chi connectivity index (χ4n) is 1.53. The summed E-state index contributed by atoms with van der Waals surface area (Å²) in [4.78, 5) is 11.1. The van der Waals surface area contributed by atoms with Gasteiger partial charge in [0.15, 0.2) is 0 Å². The van der Waals surface area contributed by atoms with Gasteiger partial charge in [-0.25, -0.2) is 0 Å². The van der Waals surface area contributed by atoms with Crippen molar-refractivity contribution >= 4 is 5.97 Å². The highest BCUT2D eigenvalue weighted by Gasteiger charge is 1.99. The average Bonchev–Trinajstić information content (AvgIpc) is 2.36. The molecule has 0 saturated carbocycles. The van der Waals surface area contributed by atoms with Gasteiger partial charge < -0.3 is 9.47 Å². The van der Waals surface area contributed by atoms with E-state index in [4.69, 9.17) is 9.47 Å². The van der Waals surface area contributed by atoms with E-state index in [1.54, 1.807) is 0 Å². The first-order valence-electron chi connectivity index (χ1n) is 7.19. The SMILES string of the molecule is CCCCOC/C=C/CCCCCC(=O)OCC. The van der Waals surface area contributed by atoms with Crippen molar-refractivity contribution in [2.75, 3.05) is 19.8 Å². The van der Waals surface area contributed by atoms with Gasteiger partial charge in [-0.15, -0.1) is 0 Å².